The van der Waals surface area contributed by atoms with Crippen LogP contribution in [-0.2, 0) is 19.1 Å². The lowest BCUT2D eigenvalue weighted by Crippen LogP contribution is -2.41. The fourth-order valence-electron chi connectivity index (χ4n) is 3.90. The van der Waals surface area contributed by atoms with Crippen LogP contribution in [0.4, 0.5) is 0 Å². The molecule has 112 valence electrons. The molecule has 0 aromatic carbocycles. The largest absolute Gasteiger partial charge is 0.468 e. The summed E-state index contributed by atoms with van der Waals surface area (Å²) in [4.78, 5) is 24.1. The van der Waals surface area contributed by atoms with E-state index in [1.165, 1.54) is 26.2 Å². The average molecular weight is 280 g/mol. The van der Waals surface area contributed by atoms with Crippen LogP contribution in [0.5, 0.6) is 0 Å². The maximum absolute atomic E-state index is 12.0. The second-order valence-corrected chi connectivity index (χ2v) is 6.14. The molecule has 0 aromatic rings. The van der Waals surface area contributed by atoms with E-state index in [0.29, 0.717) is 0 Å². The first-order valence-electron chi connectivity index (χ1n) is 7.39. The number of hydrogen-bond acceptors (Lipinski definition) is 4. The standard InChI is InChI=1S/C16H24O4/c1-16-9-5-4-8-12(16)11(7-6-10-16)13(14(17)19-2)15(18)20-3/h8,11,13H,4-7,9-10H2,1-3H3/t11-,16-/m0/s1. The highest BCUT2D eigenvalue weighted by Crippen LogP contribution is 2.51. The summed E-state index contributed by atoms with van der Waals surface area (Å²) in [7, 11) is 2.66. The summed E-state index contributed by atoms with van der Waals surface area (Å²) in [5, 5.41) is 0. The van der Waals surface area contributed by atoms with Gasteiger partial charge in [-0.3, -0.25) is 9.59 Å². The Balaban J connectivity index is 2.34. The maximum Gasteiger partial charge on any atom is 0.320 e. The van der Waals surface area contributed by atoms with Crippen molar-refractivity contribution in [3.05, 3.63) is 11.6 Å². The van der Waals surface area contributed by atoms with E-state index in [2.05, 4.69) is 13.0 Å². The number of ether oxygens (including phenoxy) is 2. The predicted octanol–water partition coefficient (Wildman–Crippen LogP) is 2.87. The molecule has 4 heteroatoms. The van der Waals surface area contributed by atoms with Gasteiger partial charge in [-0.25, -0.2) is 0 Å². The highest BCUT2D eigenvalue weighted by Gasteiger charge is 2.46. The maximum atomic E-state index is 12.0. The summed E-state index contributed by atoms with van der Waals surface area (Å²) in [5.41, 5.74) is 1.41. The Morgan fingerprint density at radius 2 is 1.80 bits per heavy atom. The van der Waals surface area contributed by atoms with E-state index >= 15 is 0 Å². The first-order chi connectivity index (χ1) is 9.53. The minimum absolute atomic E-state index is 0.0612. The first-order valence-corrected chi connectivity index (χ1v) is 7.39. The van der Waals surface area contributed by atoms with E-state index in [-0.39, 0.29) is 11.3 Å². The molecule has 0 radical (unpaired) electrons. The van der Waals surface area contributed by atoms with Crippen molar-refractivity contribution in [1.29, 1.82) is 0 Å². The summed E-state index contributed by atoms with van der Waals surface area (Å²) < 4.78 is 9.67. The van der Waals surface area contributed by atoms with Crippen LogP contribution in [0.3, 0.4) is 0 Å². The van der Waals surface area contributed by atoms with Gasteiger partial charge in [-0.1, -0.05) is 25.0 Å². The van der Waals surface area contributed by atoms with Gasteiger partial charge >= 0.3 is 11.9 Å². The van der Waals surface area contributed by atoms with Gasteiger partial charge in [0.1, 0.15) is 0 Å². The SMILES string of the molecule is COC(=O)C(C(=O)OC)[C@H]1CCC[C@]2(C)CCCC=C12. The molecule has 0 saturated heterocycles. The van der Waals surface area contributed by atoms with Gasteiger partial charge in [0.15, 0.2) is 5.92 Å². The third-order valence-electron chi connectivity index (χ3n) is 4.95. The number of hydrogen-bond donors (Lipinski definition) is 0. The van der Waals surface area contributed by atoms with Gasteiger partial charge in [0.05, 0.1) is 14.2 Å². The number of carbonyl (C=O) groups excluding carboxylic acids is 2. The lowest BCUT2D eigenvalue weighted by Gasteiger charge is -2.45. The number of methoxy groups -OCH3 is 2. The molecule has 0 heterocycles. The molecule has 2 atom stereocenters. The van der Waals surface area contributed by atoms with E-state index in [4.69, 9.17) is 9.47 Å². The number of carbonyl (C=O) groups is 2. The smallest absolute Gasteiger partial charge is 0.320 e. The molecule has 0 aromatic heterocycles. The number of esters is 2. The lowest BCUT2D eigenvalue weighted by molar-refractivity contribution is -0.161. The summed E-state index contributed by atoms with van der Waals surface area (Å²) in [6, 6.07) is 0. The fraction of sp³-hybridized carbons (Fsp3) is 0.750. The van der Waals surface area contributed by atoms with Crippen molar-refractivity contribution >= 4 is 11.9 Å². The van der Waals surface area contributed by atoms with Crippen LogP contribution in [0.25, 0.3) is 0 Å². The molecule has 1 fully saturated rings. The van der Waals surface area contributed by atoms with E-state index < -0.39 is 17.9 Å². The zero-order valence-electron chi connectivity index (χ0n) is 12.6. The number of fused-ring (bicyclic) bond motifs is 1. The number of allylic oxidation sites excluding steroid dienone is 2. The topological polar surface area (TPSA) is 52.6 Å². The Morgan fingerprint density at radius 3 is 2.40 bits per heavy atom. The molecular formula is C16H24O4. The molecule has 4 nitrogen and oxygen atoms in total. The second-order valence-electron chi connectivity index (χ2n) is 6.14. The van der Waals surface area contributed by atoms with E-state index in [1.54, 1.807) is 0 Å². The molecule has 2 rings (SSSR count). The zero-order chi connectivity index (χ0) is 14.8. The molecular weight excluding hydrogens is 256 g/mol. The van der Waals surface area contributed by atoms with Crippen molar-refractivity contribution in [2.45, 2.75) is 45.4 Å². The minimum Gasteiger partial charge on any atom is -0.468 e. The summed E-state index contributed by atoms with van der Waals surface area (Å²) in [6.07, 6.45) is 8.66. The molecule has 0 N–H and O–H groups in total. The van der Waals surface area contributed by atoms with Crippen LogP contribution in [0.1, 0.15) is 45.4 Å². The quantitative estimate of drug-likeness (QED) is 0.453. The molecule has 0 unspecified atom stereocenters. The highest BCUT2D eigenvalue weighted by atomic mass is 16.5. The summed E-state index contributed by atoms with van der Waals surface area (Å²) in [6.45, 7) is 2.26. The third-order valence-corrected chi connectivity index (χ3v) is 4.95. The fourth-order valence-corrected chi connectivity index (χ4v) is 3.90. The van der Waals surface area contributed by atoms with Crippen molar-refractivity contribution in [2.75, 3.05) is 14.2 Å². The minimum atomic E-state index is -0.811. The van der Waals surface area contributed by atoms with Crippen LogP contribution in [-0.4, -0.2) is 26.2 Å². The average Bonchev–Trinajstić information content (AvgIpc) is 2.46. The van der Waals surface area contributed by atoms with Crippen molar-refractivity contribution in [3.8, 4) is 0 Å². The normalized spacial score (nSPS) is 29.4. The molecule has 0 spiro atoms. The van der Waals surface area contributed by atoms with Crippen LogP contribution >= 0.6 is 0 Å². The van der Waals surface area contributed by atoms with Gasteiger partial charge in [0.2, 0.25) is 0 Å². The molecule has 20 heavy (non-hydrogen) atoms. The van der Waals surface area contributed by atoms with Crippen molar-refractivity contribution < 1.29 is 19.1 Å². The molecule has 2 aliphatic rings. The molecule has 0 bridgehead atoms. The second kappa shape index (κ2) is 5.98. The van der Waals surface area contributed by atoms with E-state index in [0.717, 1.165) is 32.1 Å². The summed E-state index contributed by atoms with van der Waals surface area (Å²) >= 11 is 0. The molecule has 0 amide bonds. The Morgan fingerprint density at radius 1 is 1.20 bits per heavy atom. The van der Waals surface area contributed by atoms with Crippen LogP contribution in [0.2, 0.25) is 0 Å². The van der Waals surface area contributed by atoms with Gasteiger partial charge in [-0.2, -0.15) is 0 Å². The van der Waals surface area contributed by atoms with Gasteiger partial charge in [0.25, 0.3) is 0 Å². The third kappa shape index (κ3) is 2.60. The predicted molar refractivity (Wildman–Crippen MR) is 74.9 cm³/mol. The summed E-state index contributed by atoms with van der Waals surface area (Å²) in [5.74, 6) is -1.82. The van der Waals surface area contributed by atoms with Crippen molar-refractivity contribution in [3.63, 3.8) is 0 Å². The Bertz CT molecular complexity index is 410. The van der Waals surface area contributed by atoms with Crippen LogP contribution in [0.15, 0.2) is 11.6 Å². The van der Waals surface area contributed by atoms with Gasteiger partial charge < -0.3 is 9.47 Å². The van der Waals surface area contributed by atoms with Gasteiger partial charge in [0, 0.05) is 5.92 Å². The van der Waals surface area contributed by atoms with E-state index in [9.17, 15) is 9.59 Å². The molecule has 0 aliphatic heterocycles. The van der Waals surface area contributed by atoms with Gasteiger partial charge in [-0.15, -0.1) is 0 Å². The number of rotatable bonds is 3. The Labute approximate surface area is 120 Å². The monoisotopic (exact) mass is 280 g/mol. The van der Waals surface area contributed by atoms with E-state index in [1.807, 2.05) is 0 Å². The lowest BCUT2D eigenvalue weighted by atomic mass is 9.59. The Kier molecular flexibility index (Phi) is 4.51. The molecule has 1 saturated carbocycles. The van der Waals surface area contributed by atoms with Crippen molar-refractivity contribution in [2.24, 2.45) is 17.3 Å². The van der Waals surface area contributed by atoms with Crippen LogP contribution in [0, 0.1) is 17.3 Å². The van der Waals surface area contributed by atoms with Crippen LogP contribution < -0.4 is 0 Å². The van der Waals surface area contributed by atoms with Gasteiger partial charge in [-0.05, 0) is 37.5 Å². The van der Waals surface area contributed by atoms with Crippen molar-refractivity contribution in [1.82, 2.24) is 0 Å². The highest BCUT2D eigenvalue weighted by molar-refractivity contribution is 5.95. The zero-order valence-corrected chi connectivity index (χ0v) is 12.6. The first kappa shape index (κ1) is 15.1. The molecule has 2 aliphatic carbocycles. The Hall–Kier alpha value is -1.32.